The molecule has 108 valence electrons. The lowest BCUT2D eigenvalue weighted by atomic mass is 9.96. The Morgan fingerprint density at radius 1 is 1.42 bits per heavy atom. The average Bonchev–Trinajstić information content (AvgIpc) is 2.73. The van der Waals surface area contributed by atoms with E-state index in [2.05, 4.69) is 5.32 Å². The normalized spacial score (nSPS) is 27.7. The first-order valence-corrected chi connectivity index (χ1v) is 6.80. The monoisotopic (exact) mass is 270 g/mol. The molecule has 0 spiro atoms. The molecule has 2 unspecified atom stereocenters. The Kier molecular flexibility index (Phi) is 3.87. The summed E-state index contributed by atoms with van der Waals surface area (Å²) in [5, 5.41) is 2.76. The van der Waals surface area contributed by atoms with Crippen molar-refractivity contribution in [1.82, 2.24) is 10.2 Å². The summed E-state index contributed by atoms with van der Waals surface area (Å²) < 4.78 is 10.3. The number of carbonyl (C=O) groups is 2. The van der Waals surface area contributed by atoms with Gasteiger partial charge in [-0.2, -0.15) is 0 Å². The molecule has 2 saturated heterocycles. The van der Waals surface area contributed by atoms with Crippen molar-refractivity contribution in [2.45, 2.75) is 57.7 Å². The lowest BCUT2D eigenvalue weighted by Crippen LogP contribution is -2.54. The van der Waals surface area contributed by atoms with Crippen molar-refractivity contribution in [3.05, 3.63) is 0 Å². The van der Waals surface area contributed by atoms with Gasteiger partial charge in [-0.15, -0.1) is 0 Å². The van der Waals surface area contributed by atoms with Gasteiger partial charge in [0.1, 0.15) is 12.2 Å². The van der Waals surface area contributed by atoms with Crippen LogP contribution in [0.15, 0.2) is 0 Å². The maximum absolute atomic E-state index is 12.2. The minimum absolute atomic E-state index is 0.0324. The summed E-state index contributed by atoms with van der Waals surface area (Å²) in [6, 6.07) is -0.157. The van der Waals surface area contributed by atoms with Crippen molar-refractivity contribution in [3.63, 3.8) is 0 Å². The average molecular weight is 270 g/mol. The van der Waals surface area contributed by atoms with Gasteiger partial charge in [-0.25, -0.2) is 9.59 Å². The summed E-state index contributed by atoms with van der Waals surface area (Å²) in [5.74, 6) is 0. The predicted octanol–water partition coefficient (Wildman–Crippen LogP) is 1.88. The van der Waals surface area contributed by atoms with E-state index in [0.29, 0.717) is 13.2 Å². The highest BCUT2D eigenvalue weighted by molar-refractivity contribution is 5.71. The molecule has 0 aliphatic carbocycles. The number of ether oxygens (including phenoxy) is 2. The molecule has 2 fully saturated rings. The van der Waals surface area contributed by atoms with Crippen molar-refractivity contribution in [1.29, 1.82) is 0 Å². The number of hydrogen-bond donors (Lipinski definition) is 1. The van der Waals surface area contributed by atoms with Crippen LogP contribution in [0.1, 0.15) is 40.0 Å². The van der Waals surface area contributed by atoms with Gasteiger partial charge in [-0.1, -0.05) is 0 Å². The Morgan fingerprint density at radius 3 is 2.74 bits per heavy atom. The molecule has 2 amide bonds. The van der Waals surface area contributed by atoms with Crippen LogP contribution in [0.3, 0.4) is 0 Å². The van der Waals surface area contributed by atoms with Gasteiger partial charge in [0.25, 0.3) is 0 Å². The van der Waals surface area contributed by atoms with Crippen molar-refractivity contribution in [2.24, 2.45) is 0 Å². The number of alkyl carbamates (subject to hydrolysis) is 1. The van der Waals surface area contributed by atoms with Crippen molar-refractivity contribution in [2.75, 3.05) is 13.2 Å². The van der Waals surface area contributed by atoms with Gasteiger partial charge in [0.2, 0.25) is 0 Å². The second-order valence-corrected chi connectivity index (χ2v) is 6.09. The molecule has 19 heavy (non-hydrogen) atoms. The Hall–Kier alpha value is -1.46. The van der Waals surface area contributed by atoms with Crippen LogP contribution in [-0.4, -0.2) is 47.9 Å². The molecule has 2 aliphatic heterocycles. The molecule has 0 aromatic heterocycles. The lowest BCUT2D eigenvalue weighted by molar-refractivity contribution is 0.00526. The second-order valence-electron chi connectivity index (χ2n) is 6.09. The molecule has 0 bridgehead atoms. The van der Waals surface area contributed by atoms with E-state index in [4.69, 9.17) is 9.47 Å². The zero-order valence-electron chi connectivity index (χ0n) is 11.8. The van der Waals surface area contributed by atoms with Gasteiger partial charge in [0.15, 0.2) is 0 Å². The number of piperidine rings is 1. The summed E-state index contributed by atoms with van der Waals surface area (Å²) in [6.07, 6.45) is 2.18. The molecule has 0 aromatic carbocycles. The SMILES string of the molecule is CC(C)(C)OC(=O)N1CCCCC1C1COC(=O)N1. The molecule has 1 N–H and O–H groups in total. The molecule has 2 aliphatic rings. The Morgan fingerprint density at radius 2 is 2.16 bits per heavy atom. The topological polar surface area (TPSA) is 67.9 Å². The van der Waals surface area contributed by atoms with Gasteiger partial charge in [-0.3, -0.25) is 0 Å². The number of amides is 2. The van der Waals surface area contributed by atoms with Gasteiger partial charge in [0, 0.05) is 6.54 Å². The predicted molar refractivity (Wildman–Crippen MR) is 68.9 cm³/mol. The fourth-order valence-electron chi connectivity index (χ4n) is 2.53. The van der Waals surface area contributed by atoms with Crippen LogP contribution < -0.4 is 5.32 Å². The number of nitrogens with one attached hydrogen (secondary N) is 1. The molecular weight excluding hydrogens is 248 g/mol. The molecule has 0 saturated carbocycles. The summed E-state index contributed by atoms with van der Waals surface area (Å²) >= 11 is 0. The zero-order chi connectivity index (χ0) is 14.0. The summed E-state index contributed by atoms with van der Waals surface area (Å²) in [6.45, 7) is 6.55. The van der Waals surface area contributed by atoms with Gasteiger partial charge >= 0.3 is 12.2 Å². The molecule has 6 nitrogen and oxygen atoms in total. The Balaban J connectivity index is 2.03. The first kappa shape index (κ1) is 14.0. The summed E-state index contributed by atoms with van der Waals surface area (Å²) in [5.41, 5.74) is -0.505. The summed E-state index contributed by atoms with van der Waals surface area (Å²) in [7, 11) is 0. The van der Waals surface area contributed by atoms with Crippen LogP contribution in [0.25, 0.3) is 0 Å². The van der Waals surface area contributed by atoms with Gasteiger partial charge in [0.05, 0.1) is 12.1 Å². The minimum Gasteiger partial charge on any atom is -0.447 e. The Labute approximate surface area is 113 Å². The lowest BCUT2D eigenvalue weighted by Gasteiger charge is -2.38. The maximum Gasteiger partial charge on any atom is 0.410 e. The van der Waals surface area contributed by atoms with E-state index in [0.717, 1.165) is 19.3 Å². The number of nitrogens with zero attached hydrogens (tertiary/aromatic N) is 1. The number of hydrogen-bond acceptors (Lipinski definition) is 4. The van der Waals surface area contributed by atoms with E-state index in [1.807, 2.05) is 20.8 Å². The third kappa shape index (κ3) is 3.52. The highest BCUT2D eigenvalue weighted by Crippen LogP contribution is 2.24. The standard InChI is InChI=1S/C13H22N2O4/c1-13(2,3)19-12(17)15-7-5-4-6-10(15)9-8-18-11(16)14-9/h9-10H,4-8H2,1-3H3,(H,14,16). The van der Waals surface area contributed by atoms with E-state index in [9.17, 15) is 9.59 Å². The van der Waals surface area contributed by atoms with Gasteiger partial charge < -0.3 is 19.7 Å². The number of rotatable bonds is 1. The fourth-order valence-corrected chi connectivity index (χ4v) is 2.53. The van der Waals surface area contributed by atoms with E-state index in [-0.39, 0.29) is 18.2 Å². The number of likely N-dealkylation sites (tertiary alicyclic amines) is 1. The highest BCUT2D eigenvalue weighted by atomic mass is 16.6. The van der Waals surface area contributed by atoms with Crippen molar-refractivity contribution in [3.8, 4) is 0 Å². The molecule has 0 aromatic rings. The minimum atomic E-state index is -0.505. The van der Waals surface area contributed by atoms with E-state index in [1.165, 1.54) is 0 Å². The van der Waals surface area contributed by atoms with E-state index >= 15 is 0 Å². The molecule has 0 radical (unpaired) electrons. The van der Waals surface area contributed by atoms with Crippen molar-refractivity contribution >= 4 is 12.2 Å². The first-order chi connectivity index (χ1) is 8.87. The fraction of sp³-hybridized carbons (Fsp3) is 0.846. The van der Waals surface area contributed by atoms with Crippen LogP contribution in [0.4, 0.5) is 9.59 Å². The number of carbonyl (C=O) groups excluding carboxylic acids is 2. The molecule has 6 heteroatoms. The first-order valence-electron chi connectivity index (χ1n) is 6.80. The van der Waals surface area contributed by atoms with Crippen LogP contribution >= 0.6 is 0 Å². The molecule has 2 rings (SSSR count). The summed E-state index contributed by atoms with van der Waals surface area (Å²) in [4.78, 5) is 25.1. The number of cyclic esters (lactones) is 1. The van der Waals surface area contributed by atoms with Crippen molar-refractivity contribution < 1.29 is 19.1 Å². The zero-order valence-corrected chi connectivity index (χ0v) is 11.8. The third-order valence-corrected chi connectivity index (χ3v) is 3.34. The van der Waals surface area contributed by atoms with Crippen LogP contribution in [0.2, 0.25) is 0 Å². The molecular formula is C13H22N2O4. The van der Waals surface area contributed by atoms with Crippen LogP contribution in [0, 0.1) is 0 Å². The Bertz CT molecular complexity index is 364. The second kappa shape index (κ2) is 5.27. The maximum atomic E-state index is 12.2. The van der Waals surface area contributed by atoms with E-state index in [1.54, 1.807) is 4.90 Å². The molecule has 2 heterocycles. The quantitative estimate of drug-likeness (QED) is 0.790. The smallest absolute Gasteiger partial charge is 0.410 e. The van der Waals surface area contributed by atoms with E-state index < -0.39 is 11.7 Å². The molecule has 2 atom stereocenters. The third-order valence-electron chi connectivity index (χ3n) is 3.34. The highest BCUT2D eigenvalue weighted by Gasteiger charge is 2.39. The largest absolute Gasteiger partial charge is 0.447 e. The van der Waals surface area contributed by atoms with Crippen LogP contribution in [0.5, 0.6) is 0 Å². The van der Waals surface area contributed by atoms with Gasteiger partial charge in [-0.05, 0) is 40.0 Å². The van der Waals surface area contributed by atoms with Crippen LogP contribution in [-0.2, 0) is 9.47 Å².